The van der Waals surface area contributed by atoms with Crippen LogP contribution >= 0.6 is 11.6 Å². The summed E-state index contributed by atoms with van der Waals surface area (Å²) < 4.78 is 2.09. The van der Waals surface area contributed by atoms with Gasteiger partial charge < -0.3 is 9.47 Å². The number of anilines is 1. The molecular formula is C14H19ClN6O. The molecule has 22 heavy (non-hydrogen) atoms. The standard InChI is InChI=1S/C14H19ClN6O/c1-9(2)7-20-8-17-18-13(20)10-4-3-5-21(10)11-6-16-19-14(22)12(11)15/h6,8-10H,3-5,7H2,1-2H3,(H,19,22). The molecule has 2 aromatic rings. The van der Waals surface area contributed by atoms with E-state index >= 15 is 0 Å². The number of rotatable bonds is 4. The van der Waals surface area contributed by atoms with Gasteiger partial charge in [0.15, 0.2) is 5.82 Å². The van der Waals surface area contributed by atoms with Gasteiger partial charge in [-0.15, -0.1) is 10.2 Å². The fourth-order valence-electron chi connectivity index (χ4n) is 2.95. The molecule has 1 saturated heterocycles. The Labute approximate surface area is 133 Å². The van der Waals surface area contributed by atoms with Crippen LogP contribution in [0.3, 0.4) is 0 Å². The number of aromatic nitrogens is 5. The van der Waals surface area contributed by atoms with Gasteiger partial charge in [0.05, 0.1) is 17.9 Å². The summed E-state index contributed by atoms with van der Waals surface area (Å²) in [5.41, 5.74) is 0.292. The molecule has 1 aliphatic rings. The van der Waals surface area contributed by atoms with E-state index < -0.39 is 0 Å². The van der Waals surface area contributed by atoms with E-state index in [0.29, 0.717) is 11.6 Å². The van der Waals surface area contributed by atoms with Crippen molar-refractivity contribution >= 4 is 17.3 Å². The lowest BCUT2D eigenvalue weighted by Gasteiger charge is -2.26. The number of halogens is 1. The number of nitrogens with one attached hydrogen (secondary N) is 1. The van der Waals surface area contributed by atoms with Crippen molar-refractivity contribution in [3.05, 3.63) is 33.7 Å². The Morgan fingerprint density at radius 3 is 3.09 bits per heavy atom. The van der Waals surface area contributed by atoms with Gasteiger partial charge in [0.25, 0.3) is 5.56 Å². The van der Waals surface area contributed by atoms with Gasteiger partial charge in [-0.2, -0.15) is 5.10 Å². The zero-order valence-electron chi connectivity index (χ0n) is 12.7. The smallest absolute Gasteiger partial charge is 0.285 e. The number of hydrogen-bond donors (Lipinski definition) is 1. The van der Waals surface area contributed by atoms with E-state index in [1.54, 1.807) is 12.5 Å². The van der Waals surface area contributed by atoms with E-state index in [1.165, 1.54) is 0 Å². The van der Waals surface area contributed by atoms with Gasteiger partial charge in [-0.3, -0.25) is 4.79 Å². The van der Waals surface area contributed by atoms with E-state index in [1.807, 2.05) is 0 Å². The monoisotopic (exact) mass is 322 g/mol. The average molecular weight is 323 g/mol. The van der Waals surface area contributed by atoms with Gasteiger partial charge in [-0.25, -0.2) is 5.10 Å². The summed E-state index contributed by atoms with van der Waals surface area (Å²) in [5.74, 6) is 1.43. The Balaban J connectivity index is 1.96. The SMILES string of the molecule is CC(C)Cn1cnnc1C1CCCN1c1cn[nH]c(=O)c1Cl. The van der Waals surface area contributed by atoms with Gasteiger partial charge in [0, 0.05) is 13.1 Å². The van der Waals surface area contributed by atoms with E-state index in [4.69, 9.17) is 11.6 Å². The molecule has 1 atom stereocenters. The first-order valence-corrected chi connectivity index (χ1v) is 7.83. The van der Waals surface area contributed by atoms with Gasteiger partial charge in [0.2, 0.25) is 0 Å². The molecule has 3 heterocycles. The Morgan fingerprint density at radius 2 is 2.32 bits per heavy atom. The highest BCUT2D eigenvalue weighted by Gasteiger charge is 2.32. The number of nitrogens with zero attached hydrogens (tertiary/aromatic N) is 5. The highest BCUT2D eigenvalue weighted by molar-refractivity contribution is 6.33. The Kier molecular flexibility index (Phi) is 4.15. The molecule has 0 spiro atoms. The quantitative estimate of drug-likeness (QED) is 0.931. The van der Waals surface area contributed by atoms with Crippen molar-refractivity contribution in [1.29, 1.82) is 0 Å². The fraction of sp³-hybridized carbons (Fsp3) is 0.571. The minimum absolute atomic E-state index is 0.0716. The molecule has 0 aromatic carbocycles. The van der Waals surface area contributed by atoms with Crippen molar-refractivity contribution in [1.82, 2.24) is 25.0 Å². The van der Waals surface area contributed by atoms with E-state index in [2.05, 4.69) is 43.7 Å². The summed E-state index contributed by atoms with van der Waals surface area (Å²) in [5, 5.41) is 14.8. The molecular weight excluding hydrogens is 304 g/mol. The van der Waals surface area contributed by atoms with Crippen LogP contribution in [0.25, 0.3) is 0 Å². The zero-order chi connectivity index (χ0) is 15.7. The Hall–Kier alpha value is -1.89. The van der Waals surface area contributed by atoms with Crippen LogP contribution < -0.4 is 10.5 Å². The molecule has 3 rings (SSSR count). The number of H-pyrrole nitrogens is 1. The van der Waals surface area contributed by atoms with Crippen LogP contribution in [-0.2, 0) is 6.54 Å². The van der Waals surface area contributed by atoms with Crippen molar-refractivity contribution in [3.8, 4) is 0 Å². The predicted molar refractivity (Wildman–Crippen MR) is 84.0 cm³/mol. The molecule has 118 valence electrons. The van der Waals surface area contributed by atoms with Gasteiger partial charge in [0.1, 0.15) is 11.3 Å². The molecule has 1 N–H and O–H groups in total. The summed E-state index contributed by atoms with van der Waals surface area (Å²) in [6, 6.07) is 0.0716. The zero-order valence-corrected chi connectivity index (χ0v) is 13.4. The lowest BCUT2D eigenvalue weighted by Crippen LogP contribution is -2.28. The molecule has 1 fully saturated rings. The third-order valence-corrected chi connectivity index (χ3v) is 4.21. The number of hydrogen-bond acceptors (Lipinski definition) is 5. The first-order valence-electron chi connectivity index (χ1n) is 7.45. The van der Waals surface area contributed by atoms with Crippen LogP contribution in [0.5, 0.6) is 0 Å². The molecule has 2 aromatic heterocycles. The topological polar surface area (TPSA) is 79.7 Å². The minimum atomic E-state index is -0.367. The minimum Gasteiger partial charge on any atom is -0.359 e. The first-order chi connectivity index (χ1) is 10.6. The lowest BCUT2D eigenvalue weighted by molar-refractivity contribution is 0.488. The molecule has 1 unspecified atom stereocenters. The van der Waals surface area contributed by atoms with Crippen molar-refractivity contribution in [2.45, 2.75) is 39.3 Å². The van der Waals surface area contributed by atoms with Crippen LogP contribution in [0.2, 0.25) is 5.02 Å². The summed E-state index contributed by atoms with van der Waals surface area (Å²) in [4.78, 5) is 13.8. The summed E-state index contributed by atoms with van der Waals surface area (Å²) in [6.45, 7) is 6.01. The van der Waals surface area contributed by atoms with Crippen molar-refractivity contribution in [3.63, 3.8) is 0 Å². The summed E-state index contributed by atoms with van der Waals surface area (Å²) in [7, 11) is 0. The van der Waals surface area contributed by atoms with Gasteiger partial charge in [-0.1, -0.05) is 25.4 Å². The maximum atomic E-state index is 11.7. The van der Waals surface area contributed by atoms with Crippen molar-refractivity contribution < 1.29 is 0 Å². The number of aromatic amines is 1. The molecule has 0 amide bonds. The van der Waals surface area contributed by atoms with Gasteiger partial charge >= 0.3 is 0 Å². The van der Waals surface area contributed by atoms with Crippen LogP contribution in [0.4, 0.5) is 5.69 Å². The average Bonchev–Trinajstić information content (AvgIpc) is 3.09. The third kappa shape index (κ3) is 2.72. The first kappa shape index (κ1) is 15.0. The van der Waals surface area contributed by atoms with E-state index in [9.17, 15) is 4.79 Å². The van der Waals surface area contributed by atoms with Crippen molar-refractivity contribution in [2.75, 3.05) is 11.4 Å². The van der Waals surface area contributed by atoms with Crippen molar-refractivity contribution in [2.24, 2.45) is 5.92 Å². The second kappa shape index (κ2) is 6.08. The normalized spacial score (nSPS) is 18.4. The van der Waals surface area contributed by atoms with E-state index in [0.717, 1.165) is 31.8 Å². The predicted octanol–water partition coefficient (Wildman–Crippen LogP) is 2.01. The van der Waals surface area contributed by atoms with E-state index in [-0.39, 0.29) is 16.6 Å². The van der Waals surface area contributed by atoms with Crippen LogP contribution in [0, 0.1) is 5.92 Å². The highest BCUT2D eigenvalue weighted by atomic mass is 35.5. The highest BCUT2D eigenvalue weighted by Crippen LogP contribution is 2.37. The third-order valence-electron chi connectivity index (χ3n) is 3.84. The fourth-order valence-corrected chi connectivity index (χ4v) is 3.15. The second-order valence-corrected chi connectivity index (χ2v) is 6.36. The molecule has 1 aliphatic heterocycles. The summed E-state index contributed by atoms with van der Waals surface area (Å²) >= 11 is 6.16. The maximum absolute atomic E-state index is 11.7. The molecule has 0 radical (unpaired) electrons. The molecule has 8 heteroatoms. The molecule has 0 bridgehead atoms. The maximum Gasteiger partial charge on any atom is 0.285 e. The Bertz CT molecular complexity index is 709. The summed E-state index contributed by atoms with van der Waals surface area (Å²) in [6.07, 6.45) is 5.34. The van der Waals surface area contributed by atoms with Crippen LogP contribution in [0.15, 0.2) is 17.3 Å². The van der Waals surface area contributed by atoms with Crippen LogP contribution in [0.1, 0.15) is 38.6 Å². The van der Waals surface area contributed by atoms with Gasteiger partial charge in [-0.05, 0) is 18.8 Å². The van der Waals surface area contributed by atoms with Crippen LogP contribution in [-0.4, -0.2) is 31.5 Å². The Morgan fingerprint density at radius 1 is 1.50 bits per heavy atom. The molecule has 7 nitrogen and oxygen atoms in total. The second-order valence-electron chi connectivity index (χ2n) is 5.99. The largest absolute Gasteiger partial charge is 0.359 e. The molecule has 0 saturated carbocycles. The lowest BCUT2D eigenvalue weighted by atomic mass is 10.1. The molecule has 0 aliphatic carbocycles.